The maximum atomic E-state index is 3.60. The summed E-state index contributed by atoms with van der Waals surface area (Å²) in [6.07, 6.45) is 12.4. The predicted octanol–water partition coefficient (Wildman–Crippen LogP) is 4.20. The molecule has 0 aromatic heterocycles. The summed E-state index contributed by atoms with van der Waals surface area (Å²) in [7, 11) is 0. The molecule has 19 heavy (non-hydrogen) atoms. The van der Waals surface area contributed by atoms with E-state index in [0.717, 1.165) is 12.1 Å². The van der Waals surface area contributed by atoms with E-state index in [1.54, 1.807) is 0 Å². The maximum absolute atomic E-state index is 3.60. The molecule has 114 valence electrons. The van der Waals surface area contributed by atoms with Crippen LogP contribution in [0.5, 0.6) is 0 Å². The van der Waals surface area contributed by atoms with Crippen molar-refractivity contribution in [1.29, 1.82) is 0 Å². The summed E-state index contributed by atoms with van der Waals surface area (Å²) in [4.78, 5) is 2.70. The summed E-state index contributed by atoms with van der Waals surface area (Å²) in [5.41, 5.74) is 0. The molecule has 1 fully saturated rings. The van der Waals surface area contributed by atoms with Crippen molar-refractivity contribution in [3.8, 4) is 0 Å². The van der Waals surface area contributed by atoms with Crippen molar-refractivity contribution < 1.29 is 0 Å². The van der Waals surface area contributed by atoms with Crippen molar-refractivity contribution in [2.24, 2.45) is 0 Å². The summed E-state index contributed by atoms with van der Waals surface area (Å²) in [5, 5.41) is 3.60. The summed E-state index contributed by atoms with van der Waals surface area (Å²) < 4.78 is 0. The lowest BCUT2D eigenvalue weighted by atomic mass is 10.1. The monoisotopic (exact) mass is 268 g/mol. The molecule has 0 heterocycles. The Morgan fingerprint density at radius 2 is 1.68 bits per heavy atom. The van der Waals surface area contributed by atoms with Gasteiger partial charge in [0, 0.05) is 12.1 Å². The Labute approximate surface area is 121 Å². The van der Waals surface area contributed by atoms with Gasteiger partial charge in [-0.25, -0.2) is 0 Å². The van der Waals surface area contributed by atoms with Crippen LogP contribution in [0.25, 0.3) is 0 Å². The Kier molecular flexibility index (Phi) is 9.54. The van der Waals surface area contributed by atoms with Crippen LogP contribution in [-0.4, -0.2) is 36.6 Å². The zero-order valence-corrected chi connectivity index (χ0v) is 13.6. The first-order valence-corrected chi connectivity index (χ1v) is 8.75. The first-order valence-electron chi connectivity index (χ1n) is 8.75. The van der Waals surface area contributed by atoms with Gasteiger partial charge in [-0.1, -0.05) is 33.1 Å². The highest BCUT2D eigenvalue weighted by Gasteiger charge is 2.19. The van der Waals surface area contributed by atoms with E-state index in [2.05, 4.69) is 31.0 Å². The number of hydrogen-bond acceptors (Lipinski definition) is 2. The van der Waals surface area contributed by atoms with E-state index in [9.17, 15) is 0 Å². The van der Waals surface area contributed by atoms with Gasteiger partial charge in [0.25, 0.3) is 0 Å². The van der Waals surface area contributed by atoms with Gasteiger partial charge >= 0.3 is 0 Å². The lowest BCUT2D eigenvalue weighted by molar-refractivity contribution is 0.196. The van der Waals surface area contributed by atoms with E-state index in [1.165, 1.54) is 77.4 Å². The van der Waals surface area contributed by atoms with Crippen molar-refractivity contribution in [3.05, 3.63) is 0 Å². The molecule has 1 aliphatic carbocycles. The molecule has 0 radical (unpaired) electrons. The molecule has 1 atom stereocenters. The van der Waals surface area contributed by atoms with Crippen molar-refractivity contribution in [1.82, 2.24) is 10.2 Å². The molecule has 0 spiro atoms. The molecule has 1 N–H and O–H groups in total. The summed E-state index contributed by atoms with van der Waals surface area (Å²) in [5.74, 6) is 0. The highest BCUT2D eigenvalue weighted by molar-refractivity contribution is 4.80. The first-order chi connectivity index (χ1) is 9.27. The van der Waals surface area contributed by atoms with Crippen molar-refractivity contribution in [2.45, 2.75) is 90.6 Å². The van der Waals surface area contributed by atoms with Crippen molar-refractivity contribution >= 4 is 0 Å². The number of unbranched alkanes of at least 4 members (excludes halogenated alkanes) is 4. The van der Waals surface area contributed by atoms with E-state index >= 15 is 0 Å². The number of nitrogens with zero attached hydrogens (tertiary/aromatic N) is 1. The normalized spacial score (nSPS) is 17.1. The molecule has 2 nitrogen and oxygen atoms in total. The zero-order chi connectivity index (χ0) is 13.9. The largest absolute Gasteiger partial charge is 0.314 e. The van der Waals surface area contributed by atoms with Crippen LogP contribution >= 0.6 is 0 Å². The number of hydrogen-bond donors (Lipinski definition) is 1. The van der Waals surface area contributed by atoms with Gasteiger partial charge in [0.15, 0.2) is 0 Å². The standard InChI is InChI=1S/C17H36N2/c1-4-6-14-19(16(3)5-2)15-10-8-7-9-13-18-17-11-12-17/h16-18H,4-15H2,1-3H3. The highest BCUT2D eigenvalue weighted by atomic mass is 15.1. The Morgan fingerprint density at radius 3 is 2.32 bits per heavy atom. The lowest BCUT2D eigenvalue weighted by Crippen LogP contribution is -2.34. The fraction of sp³-hybridized carbons (Fsp3) is 1.00. The van der Waals surface area contributed by atoms with Crippen LogP contribution in [0.15, 0.2) is 0 Å². The van der Waals surface area contributed by atoms with Gasteiger partial charge in [-0.05, 0) is 65.1 Å². The summed E-state index contributed by atoms with van der Waals surface area (Å²) >= 11 is 0. The van der Waals surface area contributed by atoms with Gasteiger partial charge in [0.1, 0.15) is 0 Å². The van der Waals surface area contributed by atoms with Crippen LogP contribution in [0.2, 0.25) is 0 Å². The second-order valence-corrected chi connectivity index (χ2v) is 6.29. The van der Waals surface area contributed by atoms with Gasteiger partial charge < -0.3 is 10.2 Å². The molecule has 0 aromatic rings. The van der Waals surface area contributed by atoms with Crippen LogP contribution in [0.4, 0.5) is 0 Å². The van der Waals surface area contributed by atoms with E-state index in [-0.39, 0.29) is 0 Å². The second kappa shape index (κ2) is 10.7. The number of nitrogens with one attached hydrogen (secondary N) is 1. The summed E-state index contributed by atoms with van der Waals surface area (Å²) in [6, 6.07) is 1.65. The molecule has 0 aromatic carbocycles. The second-order valence-electron chi connectivity index (χ2n) is 6.29. The third-order valence-electron chi connectivity index (χ3n) is 4.40. The molecule has 1 aliphatic rings. The fourth-order valence-corrected chi connectivity index (χ4v) is 2.56. The molecule has 0 saturated heterocycles. The Morgan fingerprint density at radius 1 is 1.00 bits per heavy atom. The molecule has 0 bridgehead atoms. The summed E-state index contributed by atoms with van der Waals surface area (Å²) in [6.45, 7) is 10.8. The molecule has 1 unspecified atom stereocenters. The SMILES string of the molecule is CCCCN(CCCCCCNC1CC1)C(C)CC. The minimum Gasteiger partial charge on any atom is -0.314 e. The van der Waals surface area contributed by atoms with Crippen LogP contribution in [0.1, 0.15) is 78.6 Å². The molecular weight excluding hydrogens is 232 g/mol. The molecule has 0 aliphatic heterocycles. The Balaban J connectivity index is 1.95. The minimum atomic E-state index is 0.767. The number of rotatable bonds is 13. The van der Waals surface area contributed by atoms with E-state index < -0.39 is 0 Å². The molecule has 2 heteroatoms. The lowest BCUT2D eigenvalue weighted by Gasteiger charge is -2.28. The van der Waals surface area contributed by atoms with E-state index in [0.29, 0.717) is 0 Å². The molecule has 1 rings (SSSR count). The Bertz CT molecular complexity index is 201. The highest BCUT2D eigenvalue weighted by Crippen LogP contribution is 2.18. The zero-order valence-electron chi connectivity index (χ0n) is 13.6. The first kappa shape index (κ1) is 17.0. The maximum Gasteiger partial charge on any atom is 0.00682 e. The molecule has 0 amide bonds. The predicted molar refractivity (Wildman–Crippen MR) is 85.7 cm³/mol. The third kappa shape index (κ3) is 8.65. The third-order valence-corrected chi connectivity index (χ3v) is 4.40. The molecule has 1 saturated carbocycles. The van der Waals surface area contributed by atoms with E-state index in [1.807, 2.05) is 0 Å². The topological polar surface area (TPSA) is 15.3 Å². The fourth-order valence-electron chi connectivity index (χ4n) is 2.56. The Hall–Kier alpha value is -0.0800. The van der Waals surface area contributed by atoms with Gasteiger partial charge in [-0.3, -0.25) is 0 Å². The van der Waals surface area contributed by atoms with Gasteiger partial charge in [0.05, 0.1) is 0 Å². The van der Waals surface area contributed by atoms with Crippen LogP contribution in [-0.2, 0) is 0 Å². The van der Waals surface area contributed by atoms with Crippen molar-refractivity contribution in [2.75, 3.05) is 19.6 Å². The van der Waals surface area contributed by atoms with Crippen LogP contribution in [0.3, 0.4) is 0 Å². The minimum absolute atomic E-state index is 0.767. The average molecular weight is 268 g/mol. The van der Waals surface area contributed by atoms with Crippen LogP contribution in [0, 0.1) is 0 Å². The van der Waals surface area contributed by atoms with Gasteiger partial charge in [0.2, 0.25) is 0 Å². The smallest absolute Gasteiger partial charge is 0.00682 e. The van der Waals surface area contributed by atoms with Gasteiger partial charge in [-0.15, -0.1) is 0 Å². The average Bonchev–Trinajstić information content (AvgIpc) is 3.24. The quantitative estimate of drug-likeness (QED) is 0.504. The van der Waals surface area contributed by atoms with Crippen LogP contribution < -0.4 is 5.32 Å². The van der Waals surface area contributed by atoms with Crippen molar-refractivity contribution in [3.63, 3.8) is 0 Å². The molecular formula is C17H36N2. The van der Waals surface area contributed by atoms with Gasteiger partial charge in [-0.2, -0.15) is 0 Å². The van der Waals surface area contributed by atoms with E-state index in [4.69, 9.17) is 0 Å².